The smallest absolute Gasteiger partial charge is 0.120 e. The zero-order chi connectivity index (χ0) is 13.7. The quantitative estimate of drug-likeness (QED) is 0.667. The molecule has 0 amide bonds. The lowest BCUT2D eigenvalue weighted by Gasteiger charge is -2.25. The highest BCUT2D eigenvalue weighted by Gasteiger charge is 2.17. The van der Waals surface area contributed by atoms with Crippen molar-refractivity contribution in [3.8, 4) is 5.75 Å². The van der Waals surface area contributed by atoms with Gasteiger partial charge in [-0.05, 0) is 56.7 Å². The van der Waals surface area contributed by atoms with Gasteiger partial charge in [0.15, 0.2) is 0 Å². The van der Waals surface area contributed by atoms with E-state index >= 15 is 0 Å². The van der Waals surface area contributed by atoms with Gasteiger partial charge in [0.05, 0.1) is 0 Å². The molecule has 1 aromatic carbocycles. The fourth-order valence-corrected chi connectivity index (χ4v) is 2.79. The maximum absolute atomic E-state index is 5.98. The second-order valence-electron chi connectivity index (χ2n) is 6.55. The maximum Gasteiger partial charge on any atom is 0.120 e. The third-order valence-electron chi connectivity index (χ3n) is 4.48. The molecule has 1 aliphatic carbocycles. The van der Waals surface area contributed by atoms with Crippen LogP contribution in [-0.4, -0.2) is 5.60 Å². The van der Waals surface area contributed by atoms with E-state index in [4.69, 9.17) is 4.74 Å². The van der Waals surface area contributed by atoms with Gasteiger partial charge in [0, 0.05) is 0 Å². The molecule has 1 nitrogen and oxygen atoms in total. The van der Waals surface area contributed by atoms with Crippen molar-refractivity contribution >= 4 is 0 Å². The van der Waals surface area contributed by atoms with E-state index in [0.29, 0.717) is 0 Å². The average Bonchev–Trinajstić information content (AvgIpc) is 2.91. The van der Waals surface area contributed by atoms with Crippen LogP contribution in [-0.2, 0) is 6.42 Å². The molecule has 0 heterocycles. The molecule has 0 spiro atoms. The summed E-state index contributed by atoms with van der Waals surface area (Å²) in [7, 11) is 0. The Balaban J connectivity index is 1.83. The highest BCUT2D eigenvalue weighted by atomic mass is 16.5. The molecule has 0 bridgehead atoms. The van der Waals surface area contributed by atoms with Crippen LogP contribution in [0.25, 0.3) is 0 Å². The summed E-state index contributed by atoms with van der Waals surface area (Å²) in [6.45, 7) is 6.44. The Hall–Kier alpha value is -0.980. The topological polar surface area (TPSA) is 9.23 Å². The van der Waals surface area contributed by atoms with Gasteiger partial charge in [-0.25, -0.2) is 0 Å². The van der Waals surface area contributed by atoms with Crippen LogP contribution >= 0.6 is 0 Å². The highest BCUT2D eigenvalue weighted by molar-refractivity contribution is 5.27. The summed E-state index contributed by atoms with van der Waals surface area (Å²) in [5.41, 5.74) is 1.39. The zero-order valence-corrected chi connectivity index (χ0v) is 12.7. The van der Waals surface area contributed by atoms with Gasteiger partial charge in [0.25, 0.3) is 0 Å². The Morgan fingerprint density at radius 2 is 1.74 bits per heavy atom. The number of benzene rings is 1. The fourth-order valence-electron chi connectivity index (χ4n) is 2.79. The van der Waals surface area contributed by atoms with Gasteiger partial charge in [-0.1, -0.05) is 44.7 Å². The number of aryl methyl sites for hydroxylation is 1. The van der Waals surface area contributed by atoms with E-state index in [9.17, 15) is 0 Å². The predicted octanol–water partition coefficient (Wildman–Crippen LogP) is 5.38. The van der Waals surface area contributed by atoms with E-state index in [-0.39, 0.29) is 5.60 Å². The third-order valence-corrected chi connectivity index (χ3v) is 4.48. The lowest BCUT2D eigenvalue weighted by atomic mass is 9.98. The molecule has 1 heteroatoms. The monoisotopic (exact) mass is 260 g/mol. The molecule has 0 N–H and O–H groups in total. The first-order chi connectivity index (χ1) is 9.09. The number of ether oxygens (including phenoxy) is 1. The Bertz CT molecular complexity index is 371. The van der Waals surface area contributed by atoms with Crippen LogP contribution in [0.2, 0.25) is 0 Å². The lowest BCUT2D eigenvalue weighted by molar-refractivity contribution is 0.105. The minimum atomic E-state index is -0.0641. The van der Waals surface area contributed by atoms with E-state index in [1.165, 1.54) is 44.1 Å². The first-order valence-electron chi connectivity index (χ1n) is 7.87. The van der Waals surface area contributed by atoms with Crippen molar-refractivity contribution in [1.82, 2.24) is 0 Å². The van der Waals surface area contributed by atoms with Crippen LogP contribution in [0.15, 0.2) is 24.3 Å². The lowest BCUT2D eigenvalue weighted by Crippen LogP contribution is -2.26. The predicted molar refractivity (Wildman–Crippen MR) is 81.7 cm³/mol. The summed E-state index contributed by atoms with van der Waals surface area (Å²) in [6.07, 6.45) is 9.41. The van der Waals surface area contributed by atoms with Crippen molar-refractivity contribution in [2.24, 2.45) is 5.92 Å². The Morgan fingerprint density at radius 3 is 2.32 bits per heavy atom. The summed E-state index contributed by atoms with van der Waals surface area (Å²) in [5, 5.41) is 0. The Labute approximate surface area is 118 Å². The third kappa shape index (κ3) is 4.56. The molecule has 0 unspecified atom stereocenters. The van der Waals surface area contributed by atoms with Gasteiger partial charge in [-0.3, -0.25) is 0 Å². The molecule has 0 aromatic heterocycles. The van der Waals surface area contributed by atoms with Gasteiger partial charge in [0.2, 0.25) is 0 Å². The highest BCUT2D eigenvalue weighted by Crippen LogP contribution is 2.29. The summed E-state index contributed by atoms with van der Waals surface area (Å²) in [5.74, 6) is 1.98. The van der Waals surface area contributed by atoms with Crippen LogP contribution in [0.4, 0.5) is 0 Å². The standard InChI is InChI=1S/C18H28O/c1-4-18(2,3)19-17-13-11-16(12-14-17)10-9-15-7-5-6-8-15/h11-15H,4-10H2,1-3H3. The van der Waals surface area contributed by atoms with E-state index in [0.717, 1.165) is 18.1 Å². The average molecular weight is 260 g/mol. The molecule has 2 rings (SSSR count). The van der Waals surface area contributed by atoms with Crippen LogP contribution < -0.4 is 4.74 Å². The summed E-state index contributed by atoms with van der Waals surface area (Å²) >= 11 is 0. The van der Waals surface area contributed by atoms with Gasteiger partial charge in [-0.2, -0.15) is 0 Å². The van der Waals surface area contributed by atoms with Crippen molar-refractivity contribution in [3.05, 3.63) is 29.8 Å². The maximum atomic E-state index is 5.98. The first-order valence-corrected chi connectivity index (χ1v) is 7.87. The molecule has 1 saturated carbocycles. The summed E-state index contributed by atoms with van der Waals surface area (Å²) in [6, 6.07) is 8.72. The van der Waals surface area contributed by atoms with E-state index in [1.807, 2.05) is 0 Å². The van der Waals surface area contributed by atoms with Crippen molar-refractivity contribution < 1.29 is 4.74 Å². The molecule has 1 aliphatic rings. The minimum absolute atomic E-state index is 0.0641. The normalized spacial score (nSPS) is 16.8. The first kappa shape index (κ1) is 14.4. The van der Waals surface area contributed by atoms with Crippen LogP contribution in [0.5, 0.6) is 5.75 Å². The number of hydrogen-bond donors (Lipinski definition) is 0. The second-order valence-corrected chi connectivity index (χ2v) is 6.55. The van der Waals surface area contributed by atoms with Crippen molar-refractivity contribution in [3.63, 3.8) is 0 Å². The van der Waals surface area contributed by atoms with Crippen LogP contribution in [0.3, 0.4) is 0 Å². The molecule has 0 saturated heterocycles. The summed E-state index contributed by atoms with van der Waals surface area (Å²) in [4.78, 5) is 0. The summed E-state index contributed by atoms with van der Waals surface area (Å²) < 4.78 is 5.98. The Morgan fingerprint density at radius 1 is 1.11 bits per heavy atom. The van der Waals surface area contributed by atoms with Gasteiger partial charge in [-0.15, -0.1) is 0 Å². The number of rotatable bonds is 6. The SMILES string of the molecule is CCC(C)(C)Oc1ccc(CCC2CCCC2)cc1. The zero-order valence-electron chi connectivity index (χ0n) is 12.7. The molecule has 1 aromatic rings. The van der Waals surface area contributed by atoms with E-state index in [2.05, 4.69) is 45.0 Å². The van der Waals surface area contributed by atoms with Gasteiger partial charge in [0.1, 0.15) is 11.4 Å². The van der Waals surface area contributed by atoms with Crippen LogP contribution in [0, 0.1) is 5.92 Å². The molecule has 106 valence electrons. The largest absolute Gasteiger partial charge is 0.488 e. The van der Waals surface area contributed by atoms with Crippen molar-refractivity contribution in [2.45, 2.75) is 71.3 Å². The van der Waals surface area contributed by atoms with E-state index in [1.54, 1.807) is 0 Å². The van der Waals surface area contributed by atoms with Crippen molar-refractivity contribution in [2.75, 3.05) is 0 Å². The molecule has 1 fully saturated rings. The molecule has 0 aliphatic heterocycles. The van der Waals surface area contributed by atoms with E-state index < -0.39 is 0 Å². The number of hydrogen-bond acceptors (Lipinski definition) is 1. The molecule has 19 heavy (non-hydrogen) atoms. The second kappa shape index (κ2) is 6.45. The molecule has 0 radical (unpaired) electrons. The van der Waals surface area contributed by atoms with Crippen LogP contribution in [0.1, 0.15) is 64.9 Å². The van der Waals surface area contributed by atoms with Gasteiger partial charge < -0.3 is 4.74 Å². The van der Waals surface area contributed by atoms with Crippen molar-refractivity contribution in [1.29, 1.82) is 0 Å². The molecular formula is C18H28O. The fraction of sp³-hybridized carbons (Fsp3) is 0.667. The molecular weight excluding hydrogens is 232 g/mol. The Kier molecular flexibility index (Phi) is 4.90. The molecule has 0 atom stereocenters. The van der Waals surface area contributed by atoms with Gasteiger partial charge >= 0.3 is 0 Å². The minimum Gasteiger partial charge on any atom is -0.488 e.